The summed E-state index contributed by atoms with van der Waals surface area (Å²) in [5, 5.41) is 12.5. The van der Waals surface area contributed by atoms with Gasteiger partial charge < -0.3 is 15.0 Å². The Balaban J connectivity index is 1.68. The standard InChI is InChI=1S/C24H26N2O3/c1-18(27)16-26-17-21(12-13-23(26)28)24(29)25-15-14-22(19-8-4-2-5-9-19)20-10-6-3-7-11-20/h2-13,17-18,22,27H,14-16H2,1H3,(H,25,29). The number of rotatable bonds is 8. The highest BCUT2D eigenvalue weighted by atomic mass is 16.3. The quantitative estimate of drug-likeness (QED) is 0.621. The summed E-state index contributed by atoms with van der Waals surface area (Å²) in [6, 6.07) is 23.4. The number of hydrogen-bond donors (Lipinski definition) is 2. The smallest absolute Gasteiger partial charge is 0.252 e. The number of nitrogens with zero attached hydrogens (tertiary/aromatic N) is 1. The molecule has 2 N–H and O–H groups in total. The van der Waals surface area contributed by atoms with Crippen molar-refractivity contribution in [3.8, 4) is 0 Å². The van der Waals surface area contributed by atoms with Crippen molar-refractivity contribution in [2.75, 3.05) is 6.54 Å². The van der Waals surface area contributed by atoms with Crippen LogP contribution in [-0.4, -0.2) is 28.2 Å². The van der Waals surface area contributed by atoms with E-state index in [1.165, 1.54) is 34.0 Å². The Morgan fingerprint density at radius 3 is 2.10 bits per heavy atom. The molecule has 0 fully saturated rings. The summed E-state index contributed by atoms with van der Waals surface area (Å²) in [5.41, 5.74) is 2.58. The first-order valence-electron chi connectivity index (χ1n) is 9.81. The number of hydrogen-bond acceptors (Lipinski definition) is 3. The Morgan fingerprint density at radius 2 is 1.55 bits per heavy atom. The molecule has 0 bridgehead atoms. The molecule has 1 unspecified atom stereocenters. The fourth-order valence-electron chi connectivity index (χ4n) is 3.42. The number of aliphatic hydroxyl groups is 1. The minimum atomic E-state index is -0.663. The van der Waals surface area contributed by atoms with Crippen LogP contribution in [0.5, 0.6) is 0 Å². The second kappa shape index (κ2) is 9.85. The lowest BCUT2D eigenvalue weighted by Crippen LogP contribution is -2.29. The number of pyridine rings is 1. The third-order valence-corrected chi connectivity index (χ3v) is 4.83. The highest BCUT2D eigenvalue weighted by Gasteiger charge is 2.15. The molecule has 1 aromatic heterocycles. The summed E-state index contributed by atoms with van der Waals surface area (Å²) >= 11 is 0. The fourth-order valence-corrected chi connectivity index (χ4v) is 3.42. The fraction of sp³-hybridized carbons (Fsp3) is 0.250. The van der Waals surface area contributed by atoms with E-state index in [4.69, 9.17) is 0 Å². The first-order chi connectivity index (χ1) is 14.0. The van der Waals surface area contributed by atoms with Gasteiger partial charge in [-0.25, -0.2) is 0 Å². The van der Waals surface area contributed by atoms with Crippen molar-refractivity contribution in [3.63, 3.8) is 0 Å². The van der Waals surface area contributed by atoms with E-state index in [1.807, 2.05) is 36.4 Å². The van der Waals surface area contributed by atoms with Crippen molar-refractivity contribution in [1.29, 1.82) is 0 Å². The van der Waals surface area contributed by atoms with Gasteiger partial charge in [0, 0.05) is 24.7 Å². The maximum Gasteiger partial charge on any atom is 0.252 e. The third kappa shape index (κ3) is 5.65. The maximum absolute atomic E-state index is 12.6. The second-order valence-electron chi connectivity index (χ2n) is 7.18. The van der Waals surface area contributed by atoms with Crippen LogP contribution in [0.15, 0.2) is 83.8 Å². The van der Waals surface area contributed by atoms with Crippen LogP contribution >= 0.6 is 0 Å². The van der Waals surface area contributed by atoms with Gasteiger partial charge in [-0.15, -0.1) is 0 Å². The van der Waals surface area contributed by atoms with Crippen LogP contribution in [0.25, 0.3) is 0 Å². The summed E-state index contributed by atoms with van der Waals surface area (Å²) in [6.07, 6.45) is 1.59. The molecule has 3 aromatic rings. The van der Waals surface area contributed by atoms with E-state index in [9.17, 15) is 14.7 Å². The van der Waals surface area contributed by atoms with Gasteiger partial charge in [0.05, 0.1) is 18.2 Å². The molecule has 0 radical (unpaired) electrons. The number of nitrogens with one attached hydrogen (secondary N) is 1. The molecule has 1 heterocycles. The first kappa shape index (κ1) is 20.6. The first-order valence-corrected chi connectivity index (χ1v) is 9.81. The van der Waals surface area contributed by atoms with Crippen molar-refractivity contribution in [2.45, 2.75) is 31.9 Å². The zero-order chi connectivity index (χ0) is 20.6. The Kier molecular flexibility index (Phi) is 6.98. The van der Waals surface area contributed by atoms with Gasteiger partial charge in [0.1, 0.15) is 0 Å². The van der Waals surface area contributed by atoms with E-state index < -0.39 is 6.10 Å². The number of aromatic nitrogens is 1. The lowest BCUT2D eigenvalue weighted by Gasteiger charge is -2.18. The topological polar surface area (TPSA) is 71.3 Å². The molecule has 5 nitrogen and oxygen atoms in total. The van der Waals surface area contributed by atoms with E-state index in [2.05, 4.69) is 29.6 Å². The van der Waals surface area contributed by atoms with Gasteiger partial charge in [-0.2, -0.15) is 0 Å². The lowest BCUT2D eigenvalue weighted by molar-refractivity contribution is 0.0951. The summed E-state index contributed by atoms with van der Waals surface area (Å²) in [5.74, 6) is -0.0499. The van der Waals surface area contributed by atoms with Gasteiger partial charge in [-0.1, -0.05) is 60.7 Å². The summed E-state index contributed by atoms with van der Waals surface area (Å²) in [7, 11) is 0. The largest absolute Gasteiger partial charge is 0.392 e. The Hall–Kier alpha value is -3.18. The van der Waals surface area contributed by atoms with Gasteiger partial charge in [0.25, 0.3) is 11.5 Å². The summed E-state index contributed by atoms with van der Waals surface area (Å²) in [4.78, 5) is 24.4. The Labute approximate surface area is 170 Å². The lowest BCUT2D eigenvalue weighted by atomic mass is 9.88. The third-order valence-electron chi connectivity index (χ3n) is 4.83. The van der Waals surface area contributed by atoms with Crippen molar-refractivity contribution >= 4 is 5.91 Å². The van der Waals surface area contributed by atoms with Gasteiger partial charge in [0.2, 0.25) is 0 Å². The zero-order valence-corrected chi connectivity index (χ0v) is 16.5. The van der Waals surface area contributed by atoms with E-state index in [0.717, 1.165) is 6.42 Å². The highest BCUT2D eigenvalue weighted by Crippen LogP contribution is 2.27. The number of amides is 1. The van der Waals surface area contributed by atoms with E-state index in [-0.39, 0.29) is 23.9 Å². The van der Waals surface area contributed by atoms with Crippen molar-refractivity contribution in [3.05, 3.63) is 106 Å². The number of carbonyl (C=O) groups excluding carboxylic acids is 1. The Morgan fingerprint density at radius 1 is 0.966 bits per heavy atom. The SMILES string of the molecule is CC(O)Cn1cc(C(=O)NCCC(c2ccccc2)c2ccccc2)ccc1=O. The minimum absolute atomic E-state index is 0.157. The van der Waals surface area contributed by atoms with Crippen LogP contribution in [0.2, 0.25) is 0 Å². The van der Waals surface area contributed by atoms with Crippen LogP contribution in [-0.2, 0) is 6.54 Å². The van der Waals surface area contributed by atoms with Gasteiger partial charge in [-0.3, -0.25) is 9.59 Å². The predicted octanol–water partition coefficient (Wildman–Crippen LogP) is 3.18. The summed E-state index contributed by atoms with van der Waals surface area (Å²) in [6.45, 7) is 2.26. The molecule has 0 aliphatic carbocycles. The molecule has 150 valence electrons. The van der Waals surface area contributed by atoms with Gasteiger partial charge in [-0.05, 0) is 30.5 Å². The molecule has 1 amide bonds. The molecule has 3 rings (SSSR count). The van der Waals surface area contributed by atoms with Crippen LogP contribution in [0.3, 0.4) is 0 Å². The van der Waals surface area contributed by atoms with E-state index in [0.29, 0.717) is 12.1 Å². The minimum Gasteiger partial charge on any atom is -0.392 e. The Bertz CT molecular complexity index is 942. The number of benzene rings is 2. The molecule has 1 atom stereocenters. The average Bonchev–Trinajstić information content (AvgIpc) is 2.73. The predicted molar refractivity (Wildman–Crippen MR) is 114 cm³/mol. The van der Waals surface area contributed by atoms with E-state index >= 15 is 0 Å². The average molecular weight is 390 g/mol. The number of carbonyl (C=O) groups is 1. The molecule has 5 heteroatoms. The number of aliphatic hydroxyl groups excluding tert-OH is 1. The van der Waals surface area contributed by atoms with Gasteiger partial charge >= 0.3 is 0 Å². The molecule has 29 heavy (non-hydrogen) atoms. The summed E-state index contributed by atoms with van der Waals surface area (Å²) < 4.78 is 1.36. The molecule has 2 aromatic carbocycles. The highest BCUT2D eigenvalue weighted by molar-refractivity contribution is 5.93. The van der Waals surface area contributed by atoms with Crippen LogP contribution in [0.1, 0.15) is 40.7 Å². The molecular weight excluding hydrogens is 364 g/mol. The molecule has 0 aliphatic rings. The monoisotopic (exact) mass is 390 g/mol. The molecule has 0 saturated carbocycles. The van der Waals surface area contributed by atoms with Crippen LogP contribution in [0.4, 0.5) is 0 Å². The van der Waals surface area contributed by atoms with Crippen molar-refractivity contribution in [1.82, 2.24) is 9.88 Å². The molecule has 0 saturated heterocycles. The second-order valence-corrected chi connectivity index (χ2v) is 7.18. The van der Waals surface area contributed by atoms with Gasteiger partial charge in [0.15, 0.2) is 0 Å². The molecule has 0 aliphatic heterocycles. The zero-order valence-electron chi connectivity index (χ0n) is 16.5. The van der Waals surface area contributed by atoms with Crippen LogP contribution in [0, 0.1) is 0 Å². The molecular formula is C24H26N2O3. The normalized spacial score (nSPS) is 12.0. The van der Waals surface area contributed by atoms with Crippen molar-refractivity contribution < 1.29 is 9.90 Å². The maximum atomic E-state index is 12.6. The van der Waals surface area contributed by atoms with Crippen molar-refractivity contribution in [2.24, 2.45) is 0 Å². The molecule has 0 spiro atoms. The van der Waals surface area contributed by atoms with Crippen LogP contribution < -0.4 is 10.9 Å². The van der Waals surface area contributed by atoms with E-state index in [1.54, 1.807) is 6.92 Å².